The number of carbonyl (C=O) groups excluding carboxylic acids is 1. The van der Waals surface area contributed by atoms with Gasteiger partial charge >= 0.3 is 0 Å². The SMILES string of the molecule is Cc1ccc(Cl)cc1N1C(=O)/C(=C\c2ccccc2)N=C1c1ccccc1. The molecule has 0 aliphatic carbocycles. The highest BCUT2D eigenvalue weighted by Crippen LogP contribution is 2.32. The summed E-state index contributed by atoms with van der Waals surface area (Å²) in [6, 6.07) is 25.0. The highest BCUT2D eigenvalue weighted by molar-refractivity contribution is 6.35. The summed E-state index contributed by atoms with van der Waals surface area (Å²) in [6.45, 7) is 1.96. The Morgan fingerprint density at radius 3 is 2.30 bits per heavy atom. The van der Waals surface area contributed by atoms with E-state index in [0.29, 0.717) is 16.6 Å². The summed E-state index contributed by atoms with van der Waals surface area (Å²) < 4.78 is 0. The van der Waals surface area contributed by atoms with E-state index in [0.717, 1.165) is 22.4 Å². The number of nitrogens with zero attached hydrogens (tertiary/aromatic N) is 2. The lowest BCUT2D eigenvalue weighted by atomic mass is 10.1. The third kappa shape index (κ3) is 3.42. The summed E-state index contributed by atoms with van der Waals surface area (Å²) in [6.07, 6.45) is 1.81. The van der Waals surface area contributed by atoms with Gasteiger partial charge in [0.25, 0.3) is 5.91 Å². The van der Waals surface area contributed by atoms with Crippen molar-refractivity contribution in [2.24, 2.45) is 4.99 Å². The van der Waals surface area contributed by atoms with Crippen molar-refractivity contribution in [1.29, 1.82) is 0 Å². The third-order valence-corrected chi connectivity index (χ3v) is 4.64. The predicted octanol–water partition coefficient (Wildman–Crippen LogP) is 5.48. The Morgan fingerprint density at radius 2 is 1.59 bits per heavy atom. The second kappa shape index (κ2) is 7.22. The first-order valence-corrected chi connectivity index (χ1v) is 9.03. The molecule has 0 bridgehead atoms. The first-order chi connectivity index (χ1) is 13.1. The van der Waals surface area contributed by atoms with Crippen LogP contribution in [0.2, 0.25) is 5.02 Å². The zero-order valence-corrected chi connectivity index (χ0v) is 15.5. The van der Waals surface area contributed by atoms with Gasteiger partial charge in [-0.2, -0.15) is 0 Å². The number of rotatable bonds is 3. The van der Waals surface area contributed by atoms with Crippen molar-refractivity contribution < 1.29 is 4.79 Å². The van der Waals surface area contributed by atoms with Gasteiger partial charge in [0.2, 0.25) is 0 Å². The molecule has 0 fully saturated rings. The molecule has 0 saturated carbocycles. The number of hydrogen-bond donors (Lipinski definition) is 0. The predicted molar refractivity (Wildman–Crippen MR) is 111 cm³/mol. The standard InChI is InChI=1S/C23H17ClN2O/c1-16-12-13-19(24)15-21(16)26-22(18-10-6-3-7-11-18)25-20(23(26)27)14-17-8-4-2-5-9-17/h2-15H,1H3/b20-14+. The molecular weight excluding hydrogens is 356 g/mol. The second-order valence-electron chi connectivity index (χ2n) is 6.31. The minimum Gasteiger partial charge on any atom is -0.266 e. The Balaban J connectivity index is 1.87. The highest BCUT2D eigenvalue weighted by atomic mass is 35.5. The number of halogens is 1. The van der Waals surface area contributed by atoms with Crippen LogP contribution >= 0.6 is 11.6 Å². The number of hydrogen-bond acceptors (Lipinski definition) is 2. The van der Waals surface area contributed by atoms with Crippen LogP contribution in [0.5, 0.6) is 0 Å². The van der Waals surface area contributed by atoms with E-state index in [2.05, 4.69) is 4.99 Å². The Morgan fingerprint density at radius 1 is 0.926 bits per heavy atom. The molecule has 27 heavy (non-hydrogen) atoms. The molecule has 0 unspecified atom stereocenters. The van der Waals surface area contributed by atoms with Gasteiger partial charge in [-0.3, -0.25) is 9.69 Å². The van der Waals surface area contributed by atoms with E-state index in [1.165, 1.54) is 0 Å². The summed E-state index contributed by atoms with van der Waals surface area (Å²) in [4.78, 5) is 19.6. The van der Waals surface area contributed by atoms with Crippen molar-refractivity contribution in [2.45, 2.75) is 6.92 Å². The van der Waals surface area contributed by atoms with E-state index in [1.807, 2.05) is 85.8 Å². The summed E-state index contributed by atoms with van der Waals surface area (Å²) in [5.74, 6) is 0.441. The lowest BCUT2D eigenvalue weighted by Crippen LogP contribution is -2.33. The minimum atomic E-state index is -0.164. The van der Waals surface area contributed by atoms with Crippen LogP contribution in [0.25, 0.3) is 6.08 Å². The summed E-state index contributed by atoms with van der Waals surface area (Å²) in [5.41, 5.74) is 3.91. The number of anilines is 1. The van der Waals surface area contributed by atoms with E-state index in [1.54, 1.807) is 11.0 Å². The van der Waals surface area contributed by atoms with Crippen molar-refractivity contribution >= 4 is 35.1 Å². The minimum absolute atomic E-state index is 0.164. The molecule has 0 N–H and O–H groups in total. The van der Waals surface area contributed by atoms with Gasteiger partial charge in [-0.1, -0.05) is 78.3 Å². The van der Waals surface area contributed by atoms with Crippen molar-refractivity contribution in [3.63, 3.8) is 0 Å². The third-order valence-electron chi connectivity index (χ3n) is 4.41. The molecule has 4 heteroatoms. The fourth-order valence-corrected chi connectivity index (χ4v) is 3.22. The summed E-state index contributed by atoms with van der Waals surface area (Å²) in [5, 5.41) is 0.580. The summed E-state index contributed by atoms with van der Waals surface area (Å²) in [7, 11) is 0. The molecule has 1 aliphatic heterocycles. The molecule has 0 radical (unpaired) electrons. The molecule has 132 valence electrons. The Bertz CT molecular complexity index is 1060. The zero-order chi connectivity index (χ0) is 18.8. The average molecular weight is 373 g/mol. The quantitative estimate of drug-likeness (QED) is 0.560. The molecule has 3 aromatic carbocycles. The molecule has 0 saturated heterocycles. The van der Waals surface area contributed by atoms with Crippen LogP contribution < -0.4 is 4.90 Å². The van der Waals surface area contributed by atoms with E-state index >= 15 is 0 Å². The number of benzene rings is 3. The smallest absolute Gasteiger partial charge is 0.266 e. The largest absolute Gasteiger partial charge is 0.282 e. The fraction of sp³-hybridized carbons (Fsp3) is 0.0435. The second-order valence-corrected chi connectivity index (χ2v) is 6.75. The molecule has 1 heterocycles. The topological polar surface area (TPSA) is 32.7 Å². The number of amides is 1. The van der Waals surface area contributed by atoms with Crippen molar-refractivity contribution in [1.82, 2.24) is 0 Å². The van der Waals surface area contributed by atoms with Crippen molar-refractivity contribution in [3.05, 3.63) is 106 Å². The highest BCUT2D eigenvalue weighted by Gasteiger charge is 2.33. The van der Waals surface area contributed by atoms with Gasteiger partial charge in [0, 0.05) is 10.6 Å². The van der Waals surface area contributed by atoms with E-state index in [4.69, 9.17) is 11.6 Å². The molecule has 1 aliphatic rings. The first kappa shape index (κ1) is 17.3. The average Bonchev–Trinajstić information content (AvgIpc) is 3.01. The summed E-state index contributed by atoms with van der Waals surface area (Å²) >= 11 is 6.21. The molecular formula is C23H17ClN2O. The number of amidine groups is 1. The van der Waals surface area contributed by atoms with Gasteiger partial charge in [0.05, 0.1) is 5.69 Å². The van der Waals surface area contributed by atoms with Crippen molar-refractivity contribution in [3.8, 4) is 0 Å². The maximum absolute atomic E-state index is 13.3. The van der Waals surface area contributed by atoms with Gasteiger partial charge in [0.15, 0.2) is 0 Å². The molecule has 3 aromatic rings. The molecule has 0 atom stereocenters. The van der Waals surface area contributed by atoms with E-state index in [-0.39, 0.29) is 5.91 Å². The van der Waals surface area contributed by atoms with Crippen LogP contribution in [0, 0.1) is 6.92 Å². The van der Waals surface area contributed by atoms with Crippen molar-refractivity contribution in [2.75, 3.05) is 4.90 Å². The number of aliphatic imine (C=N–C) groups is 1. The Labute approximate surface area is 163 Å². The number of carbonyl (C=O) groups is 1. The van der Waals surface area contributed by atoms with E-state index in [9.17, 15) is 4.79 Å². The zero-order valence-electron chi connectivity index (χ0n) is 14.8. The molecule has 0 spiro atoms. The maximum atomic E-state index is 13.3. The lowest BCUT2D eigenvalue weighted by Gasteiger charge is -2.21. The van der Waals surface area contributed by atoms with Crippen LogP contribution in [0.4, 0.5) is 5.69 Å². The van der Waals surface area contributed by atoms with Gasteiger partial charge in [-0.05, 0) is 36.3 Å². The molecule has 1 amide bonds. The fourth-order valence-electron chi connectivity index (χ4n) is 3.05. The van der Waals surface area contributed by atoms with Crippen LogP contribution in [-0.2, 0) is 4.79 Å². The Kier molecular flexibility index (Phi) is 4.61. The van der Waals surface area contributed by atoms with Crippen LogP contribution in [-0.4, -0.2) is 11.7 Å². The van der Waals surface area contributed by atoms with Crippen LogP contribution in [0.1, 0.15) is 16.7 Å². The Hall–Kier alpha value is -3.17. The molecule has 3 nitrogen and oxygen atoms in total. The van der Waals surface area contributed by atoms with Gasteiger partial charge in [-0.25, -0.2) is 4.99 Å². The normalized spacial score (nSPS) is 15.3. The monoisotopic (exact) mass is 372 g/mol. The van der Waals surface area contributed by atoms with Gasteiger partial charge < -0.3 is 0 Å². The molecule has 4 rings (SSSR count). The first-order valence-electron chi connectivity index (χ1n) is 8.65. The maximum Gasteiger partial charge on any atom is 0.282 e. The van der Waals surface area contributed by atoms with E-state index < -0.39 is 0 Å². The number of aryl methyl sites for hydroxylation is 1. The van der Waals surface area contributed by atoms with Crippen LogP contribution in [0.3, 0.4) is 0 Å². The lowest BCUT2D eigenvalue weighted by molar-refractivity contribution is -0.113. The van der Waals surface area contributed by atoms with Gasteiger partial charge in [-0.15, -0.1) is 0 Å². The van der Waals surface area contributed by atoms with Gasteiger partial charge in [0.1, 0.15) is 11.5 Å². The molecule has 0 aromatic heterocycles. The van der Waals surface area contributed by atoms with Crippen LogP contribution in [0.15, 0.2) is 89.6 Å².